The summed E-state index contributed by atoms with van der Waals surface area (Å²) in [5.74, 6) is -1.29. The molecule has 4 nitrogen and oxygen atoms in total. The van der Waals surface area contributed by atoms with E-state index in [2.05, 4.69) is 9.72 Å². The predicted octanol–water partition coefficient (Wildman–Crippen LogP) is 0.989. The zero-order chi connectivity index (χ0) is 10.6. The third-order valence-electron chi connectivity index (χ3n) is 1.50. The van der Waals surface area contributed by atoms with Gasteiger partial charge in [-0.05, 0) is 17.7 Å². The summed E-state index contributed by atoms with van der Waals surface area (Å²) >= 11 is 0. The summed E-state index contributed by atoms with van der Waals surface area (Å²) in [5, 5.41) is 0. The van der Waals surface area contributed by atoms with Gasteiger partial charge in [0.2, 0.25) is 0 Å². The van der Waals surface area contributed by atoms with Gasteiger partial charge in [-0.15, -0.1) is 0 Å². The number of hydrogen-bond acceptors (Lipinski definition) is 4. The van der Waals surface area contributed by atoms with Crippen molar-refractivity contribution in [1.29, 1.82) is 0 Å². The van der Waals surface area contributed by atoms with Crippen molar-refractivity contribution >= 4 is 17.9 Å². The van der Waals surface area contributed by atoms with Gasteiger partial charge in [0, 0.05) is 12.3 Å². The highest BCUT2D eigenvalue weighted by Crippen LogP contribution is 2.09. The molecule has 1 aromatic rings. The summed E-state index contributed by atoms with van der Waals surface area (Å²) in [6.07, 6.45) is 3.92. The summed E-state index contributed by atoms with van der Waals surface area (Å²) in [7, 11) is 1.26. The molecule has 0 saturated heterocycles. The summed E-state index contributed by atoms with van der Waals surface area (Å²) in [6.45, 7) is 0. The standard InChI is InChI=1S/C9H9FN2O2/c1-14-8(13)3-2-6-4-7(10)9(11)12-5-6/h2-5H,1H3,(H2,11,12). The van der Waals surface area contributed by atoms with Crippen LogP contribution < -0.4 is 5.73 Å². The molecule has 0 unspecified atom stereocenters. The van der Waals surface area contributed by atoms with Gasteiger partial charge >= 0.3 is 5.97 Å². The van der Waals surface area contributed by atoms with E-state index in [0.717, 1.165) is 0 Å². The van der Waals surface area contributed by atoms with Crippen molar-refractivity contribution in [3.8, 4) is 0 Å². The van der Waals surface area contributed by atoms with Gasteiger partial charge in [-0.3, -0.25) is 0 Å². The van der Waals surface area contributed by atoms with Gasteiger partial charge in [-0.1, -0.05) is 0 Å². The summed E-state index contributed by atoms with van der Waals surface area (Å²) < 4.78 is 17.2. The second-order valence-corrected chi connectivity index (χ2v) is 2.49. The van der Waals surface area contributed by atoms with Crippen molar-refractivity contribution in [2.75, 3.05) is 12.8 Å². The SMILES string of the molecule is COC(=O)C=Cc1cnc(N)c(F)c1. The first kappa shape index (κ1) is 10.2. The smallest absolute Gasteiger partial charge is 0.330 e. The highest BCUT2D eigenvalue weighted by atomic mass is 19.1. The molecule has 5 heteroatoms. The van der Waals surface area contributed by atoms with Gasteiger partial charge in [0.05, 0.1) is 7.11 Å². The van der Waals surface area contributed by atoms with E-state index < -0.39 is 11.8 Å². The number of rotatable bonds is 2. The molecule has 0 fully saturated rings. The molecule has 0 aliphatic carbocycles. The average molecular weight is 196 g/mol. The fourth-order valence-corrected chi connectivity index (χ4v) is 0.787. The van der Waals surface area contributed by atoms with E-state index in [0.29, 0.717) is 5.56 Å². The van der Waals surface area contributed by atoms with Crippen molar-refractivity contribution in [2.45, 2.75) is 0 Å². The van der Waals surface area contributed by atoms with Crippen LogP contribution in [-0.2, 0) is 9.53 Å². The Morgan fingerprint density at radius 1 is 1.71 bits per heavy atom. The molecule has 1 aromatic heterocycles. The van der Waals surface area contributed by atoms with Crippen LogP contribution in [0, 0.1) is 5.82 Å². The molecule has 0 saturated carbocycles. The van der Waals surface area contributed by atoms with Gasteiger partial charge in [0.25, 0.3) is 0 Å². The molecule has 74 valence electrons. The molecule has 0 bridgehead atoms. The Morgan fingerprint density at radius 3 is 3.00 bits per heavy atom. The number of carbonyl (C=O) groups excluding carboxylic acids is 1. The van der Waals surface area contributed by atoms with Gasteiger partial charge in [-0.25, -0.2) is 14.2 Å². The van der Waals surface area contributed by atoms with Crippen LogP contribution in [0.2, 0.25) is 0 Å². The van der Waals surface area contributed by atoms with Crippen molar-refractivity contribution in [3.63, 3.8) is 0 Å². The molecule has 0 spiro atoms. The molecule has 2 N–H and O–H groups in total. The van der Waals surface area contributed by atoms with E-state index in [1.54, 1.807) is 0 Å². The van der Waals surface area contributed by atoms with E-state index in [1.807, 2.05) is 0 Å². The van der Waals surface area contributed by atoms with Crippen LogP contribution >= 0.6 is 0 Å². The van der Waals surface area contributed by atoms with Crippen molar-refractivity contribution < 1.29 is 13.9 Å². The van der Waals surface area contributed by atoms with E-state index in [9.17, 15) is 9.18 Å². The van der Waals surface area contributed by atoms with Crippen molar-refractivity contribution in [3.05, 3.63) is 29.7 Å². The van der Waals surface area contributed by atoms with Gasteiger partial charge in [-0.2, -0.15) is 0 Å². The number of aromatic nitrogens is 1. The Morgan fingerprint density at radius 2 is 2.43 bits per heavy atom. The maximum absolute atomic E-state index is 12.8. The Hall–Kier alpha value is -1.91. The lowest BCUT2D eigenvalue weighted by Gasteiger charge is -1.96. The summed E-state index contributed by atoms with van der Waals surface area (Å²) in [4.78, 5) is 14.3. The maximum atomic E-state index is 12.8. The molecule has 0 atom stereocenters. The van der Waals surface area contributed by atoms with E-state index in [-0.39, 0.29) is 5.82 Å². The zero-order valence-corrected chi connectivity index (χ0v) is 7.53. The predicted molar refractivity (Wildman–Crippen MR) is 49.7 cm³/mol. The molecule has 0 aliphatic rings. The fraction of sp³-hybridized carbons (Fsp3) is 0.111. The van der Waals surface area contributed by atoms with E-state index >= 15 is 0 Å². The minimum atomic E-state index is -0.614. The average Bonchev–Trinajstić information content (AvgIpc) is 2.19. The number of methoxy groups -OCH3 is 1. The minimum Gasteiger partial charge on any atom is -0.466 e. The van der Waals surface area contributed by atoms with Gasteiger partial charge in [0.1, 0.15) is 0 Å². The lowest BCUT2D eigenvalue weighted by Crippen LogP contribution is -1.96. The van der Waals surface area contributed by atoms with Crippen LogP contribution in [-0.4, -0.2) is 18.1 Å². The topological polar surface area (TPSA) is 65.2 Å². The van der Waals surface area contributed by atoms with Crippen LogP contribution in [0.5, 0.6) is 0 Å². The van der Waals surface area contributed by atoms with E-state index in [4.69, 9.17) is 5.73 Å². The molecule has 1 heterocycles. The lowest BCUT2D eigenvalue weighted by molar-refractivity contribution is -0.134. The van der Waals surface area contributed by atoms with Crippen LogP contribution in [0.4, 0.5) is 10.2 Å². The Kier molecular flexibility index (Phi) is 3.17. The number of hydrogen-bond donors (Lipinski definition) is 1. The van der Waals surface area contributed by atoms with Gasteiger partial charge in [0.15, 0.2) is 11.6 Å². The molecule has 0 aromatic carbocycles. The Balaban J connectivity index is 2.83. The quantitative estimate of drug-likeness (QED) is 0.565. The number of nitrogens with zero attached hydrogens (tertiary/aromatic N) is 1. The number of esters is 1. The number of pyridine rings is 1. The Labute approximate surface area is 80.2 Å². The van der Waals surface area contributed by atoms with E-state index in [1.165, 1.54) is 31.5 Å². The maximum Gasteiger partial charge on any atom is 0.330 e. The fourth-order valence-electron chi connectivity index (χ4n) is 0.787. The lowest BCUT2D eigenvalue weighted by atomic mass is 10.2. The van der Waals surface area contributed by atoms with Crippen LogP contribution in [0.15, 0.2) is 18.3 Å². The highest BCUT2D eigenvalue weighted by Gasteiger charge is 1.99. The molecule has 0 radical (unpaired) electrons. The number of halogens is 1. The zero-order valence-electron chi connectivity index (χ0n) is 7.53. The van der Waals surface area contributed by atoms with Crippen molar-refractivity contribution in [1.82, 2.24) is 4.98 Å². The second-order valence-electron chi connectivity index (χ2n) is 2.49. The number of nitrogens with two attached hydrogens (primary N) is 1. The number of ether oxygens (including phenoxy) is 1. The molecule has 14 heavy (non-hydrogen) atoms. The highest BCUT2D eigenvalue weighted by molar-refractivity contribution is 5.86. The first-order chi connectivity index (χ1) is 6.63. The molecule has 1 rings (SSSR count). The number of anilines is 1. The number of nitrogen functional groups attached to an aromatic ring is 1. The minimum absolute atomic E-state index is 0.166. The summed E-state index contributed by atoms with van der Waals surface area (Å²) in [5.41, 5.74) is 5.62. The first-order valence-corrected chi connectivity index (χ1v) is 3.80. The first-order valence-electron chi connectivity index (χ1n) is 3.80. The monoisotopic (exact) mass is 196 g/mol. The summed E-state index contributed by atoms with van der Waals surface area (Å²) in [6, 6.07) is 1.18. The third-order valence-corrected chi connectivity index (χ3v) is 1.50. The third kappa shape index (κ3) is 2.55. The Bertz CT molecular complexity index is 377. The van der Waals surface area contributed by atoms with Crippen LogP contribution in [0.3, 0.4) is 0 Å². The largest absolute Gasteiger partial charge is 0.466 e. The van der Waals surface area contributed by atoms with Gasteiger partial charge < -0.3 is 10.5 Å². The van der Waals surface area contributed by atoms with Crippen molar-refractivity contribution in [2.24, 2.45) is 0 Å². The molecular formula is C9H9FN2O2. The molecular weight excluding hydrogens is 187 g/mol. The normalized spacial score (nSPS) is 10.4. The number of carbonyl (C=O) groups is 1. The van der Waals surface area contributed by atoms with Crippen LogP contribution in [0.25, 0.3) is 6.08 Å². The molecule has 0 amide bonds. The second kappa shape index (κ2) is 4.36. The molecule has 0 aliphatic heterocycles. The van der Waals surface area contributed by atoms with Crippen LogP contribution in [0.1, 0.15) is 5.56 Å².